The van der Waals surface area contributed by atoms with Crippen LogP contribution in [0.4, 0.5) is 0 Å². The predicted octanol–water partition coefficient (Wildman–Crippen LogP) is 3.68. The van der Waals surface area contributed by atoms with Crippen LogP contribution in [0, 0.1) is 6.33 Å². The molecule has 4 rings (SSSR count). The normalized spacial score (nSPS) is 10.8. The number of benzene rings is 2. The Morgan fingerprint density at radius 3 is 2.38 bits per heavy atom. The lowest BCUT2D eigenvalue weighted by molar-refractivity contribution is -0.674. The molecule has 2 heterocycles. The minimum Gasteiger partial charge on any atom is -0.326 e. The van der Waals surface area contributed by atoms with Crippen LogP contribution in [0.3, 0.4) is 0 Å². The number of pyridine rings is 1. The number of hydrogen-bond acceptors (Lipinski definition) is 1. The molecule has 0 spiro atoms. The third-order valence-electron chi connectivity index (χ3n) is 4.40. The molecule has 3 heteroatoms. The number of hydrogen-bond donors (Lipinski definition) is 0. The highest BCUT2D eigenvalue weighted by molar-refractivity contribution is 5.38. The molecule has 2 aromatic heterocycles. The smallest absolute Gasteiger partial charge is 0.243 e. The fourth-order valence-corrected chi connectivity index (χ4v) is 3.16. The maximum Gasteiger partial charge on any atom is 0.243 e. The van der Waals surface area contributed by atoms with Crippen LogP contribution in [0.5, 0.6) is 0 Å². The highest BCUT2D eigenvalue weighted by Gasteiger charge is 2.03. The summed E-state index contributed by atoms with van der Waals surface area (Å²) in [6.07, 6.45) is 10.9. The first-order chi connectivity index (χ1) is 12.8. The van der Waals surface area contributed by atoms with Gasteiger partial charge in [-0.05, 0) is 35.2 Å². The molecule has 0 amide bonds. The van der Waals surface area contributed by atoms with Crippen LogP contribution in [-0.4, -0.2) is 9.55 Å². The second-order valence-corrected chi connectivity index (χ2v) is 6.54. The average molecular weight is 339 g/mol. The van der Waals surface area contributed by atoms with Gasteiger partial charge in [0.05, 0.1) is 12.7 Å². The Balaban J connectivity index is 1.53. The number of nitrogens with zero attached hydrogens (tertiary/aromatic N) is 3. The second kappa shape index (κ2) is 7.36. The first-order valence-electron chi connectivity index (χ1n) is 8.80. The number of aryl methyl sites for hydroxylation is 1. The van der Waals surface area contributed by atoms with E-state index in [1.54, 1.807) is 0 Å². The molecular weight excluding hydrogens is 318 g/mol. The van der Waals surface area contributed by atoms with E-state index < -0.39 is 0 Å². The monoisotopic (exact) mass is 339 g/mol. The molecule has 0 aliphatic rings. The van der Waals surface area contributed by atoms with Crippen molar-refractivity contribution in [2.45, 2.75) is 12.8 Å². The van der Waals surface area contributed by atoms with Crippen LogP contribution in [0.1, 0.15) is 22.4 Å². The zero-order chi connectivity index (χ0) is 17.8. The van der Waals surface area contributed by atoms with Crippen molar-refractivity contribution < 1.29 is 4.57 Å². The first-order valence-corrected chi connectivity index (χ1v) is 8.80. The molecule has 0 unspecified atom stereocenters. The average Bonchev–Trinajstić information content (AvgIpc) is 3.10. The van der Waals surface area contributed by atoms with Gasteiger partial charge in [0.15, 0.2) is 0 Å². The lowest BCUT2D eigenvalue weighted by Crippen LogP contribution is -2.24. The molecule has 0 aliphatic heterocycles. The van der Waals surface area contributed by atoms with E-state index in [-0.39, 0.29) is 0 Å². The Kier molecular flexibility index (Phi) is 4.61. The van der Waals surface area contributed by atoms with Crippen molar-refractivity contribution in [2.24, 2.45) is 7.05 Å². The van der Waals surface area contributed by atoms with Gasteiger partial charge in [-0.3, -0.25) is 4.98 Å². The Morgan fingerprint density at radius 1 is 0.885 bits per heavy atom. The van der Waals surface area contributed by atoms with Gasteiger partial charge >= 0.3 is 0 Å². The molecule has 0 saturated heterocycles. The van der Waals surface area contributed by atoms with Crippen LogP contribution in [0.15, 0.2) is 85.3 Å². The highest BCUT2D eigenvalue weighted by Crippen LogP contribution is 2.16. The summed E-state index contributed by atoms with van der Waals surface area (Å²) in [4.78, 5) is 4.43. The summed E-state index contributed by atoms with van der Waals surface area (Å²) < 4.78 is 3.94. The molecule has 128 valence electrons. The van der Waals surface area contributed by atoms with Gasteiger partial charge < -0.3 is 9.13 Å². The summed E-state index contributed by atoms with van der Waals surface area (Å²) in [5.74, 6) is 0. The van der Waals surface area contributed by atoms with Gasteiger partial charge in [-0.15, -0.1) is 0 Å². The van der Waals surface area contributed by atoms with Crippen LogP contribution in [0.2, 0.25) is 0 Å². The van der Waals surface area contributed by atoms with Crippen LogP contribution < -0.4 is 4.57 Å². The van der Waals surface area contributed by atoms with E-state index >= 15 is 0 Å². The van der Waals surface area contributed by atoms with Gasteiger partial charge in [0.1, 0.15) is 0 Å². The van der Waals surface area contributed by atoms with E-state index in [9.17, 15) is 0 Å². The third-order valence-corrected chi connectivity index (χ3v) is 4.40. The zero-order valence-electron chi connectivity index (χ0n) is 14.8. The Morgan fingerprint density at radius 2 is 1.65 bits per heavy atom. The number of rotatable bonds is 5. The Bertz CT molecular complexity index is 1000. The minimum atomic E-state index is 0.865. The van der Waals surface area contributed by atoms with E-state index in [0.717, 1.165) is 24.2 Å². The molecule has 0 saturated carbocycles. The van der Waals surface area contributed by atoms with E-state index in [0.29, 0.717) is 0 Å². The van der Waals surface area contributed by atoms with Crippen LogP contribution >= 0.6 is 0 Å². The van der Waals surface area contributed by atoms with Gasteiger partial charge in [-0.1, -0.05) is 54.6 Å². The number of aromatic nitrogens is 3. The Labute approximate surface area is 154 Å². The maximum atomic E-state index is 4.43. The van der Waals surface area contributed by atoms with E-state index in [2.05, 4.69) is 65.9 Å². The fraction of sp³-hybridized carbons (Fsp3) is 0.130. The summed E-state index contributed by atoms with van der Waals surface area (Å²) in [6.45, 7) is 0. The number of imidazole rings is 1. The summed E-state index contributed by atoms with van der Waals surface area (Å²) in [6, 6.07) is 23.5. The van der Waals surface area contributed by atoms with Crippen molar-refractivity contribution in [3.8, 4) is 5.69 Å². The molecule has 26 heavy (non-hydrogen) atoms. The van der Waals surface area contributed by atoms with Gasteiger partial charge in [-0.25, -0.2) is 0 Å². The molecule has 4 aromatic rings. The second-order valence-electron chi connectivity index (χ2n) is 6.54. The largest absolute Gasteiger partial charge is 0.326 e. The molecule has 0 bridgehead atoms. The summed E-state index contributed by atoms with van der Waals surface area (Å²) in [5.41, 5.74) is 6.14. The SMILES string of the molecule is C[n+]1[c-]n(-c2cccc(Cc3cccc(Cc4ccccn4)c3)c2)cc1. The molecule has 0 fully saturated rings. The molecule has 3 nitrogen and oxygen atoms in total. The van der Waals surface area contributed by atoms with Crippen molar-refractivity contribution in [1.29, 1.82) is 0 Å². The Hall–Kier alpha value is -3.20. The van der Waals surface area contributed by atoms with Crippen molar-refractivity contribution in [1.82, 2.24) is 9.55 Å². The van der Waals surface area contributed by atoms with E-state index in [1.165, 1.54) is 16.7 Å². The van der Waals surface area contributed by atoms with E-state index in [4.69, 9.17) is 0 Å². The van der Waals surface area contributed by atoms with Crippen LogP contribution in [-0.2, 0) is 19.9 Å². The van der Waals surface area contributed by atoms with E-state index in [1.807, 2.05) is 46.9 Å². The topological polar surface area (TPSA) is 21.7 Å². The van der Waals surface area contributed by atoms with Crippen molar-refractivity contribution in [2.75, 3.05) is 0 Å². The van der Waals surface area contributed by atoms with Gasteiger partial charge in [0.2, 0.25) is 6.33 Å². The quantitative estimate of drug-likeness (QED) is 0.401. The minimum absolute atomic E-state index is 0.865. The predicted molar refractivity (Wildman–Crippen MR) is 102 cm³/mol. The third kappa shape index (κ3) is 3.89. The lowest BCUT2D eigenvalue weighted by Gasteiger charge is -2.08. The van der Waals surface area contributed by atoms with Crippen molar-refractivity contribution >= 4 is 0 Å². The summed E-state index contributed by atoms with van der Waals surface area (Å²) in [5, 5.41) is 0. The van der Waals surface area contributed by atoms with Gasteiger partial charge in [0, 0.05) is 30.7 Å². The molecule has 0 aliphatic carbocycles. The first kappa shape index (κ1) is 16.3. The molecule has 0 atom stereocenters. The van der Waals surface area contributed by atoms with Crippen LogP contribution in [0.25, 0.3) is 5.69 Å². The molecular formula is C23H21N3. The fourth-order valence-electron chi connectivity index (χ4n) is 3.16. The maximum absolute atomic E-state index is 4.43. The summed E-state index contributed by atoms with van der Waals surface area (Å²) in [7, 11) is 1.98. The standard InChI is InChI=1S/C23H21N3/c1-25-12-13-26(18-25)23-10-5-8-21(17-23)15-19-6-4-7-20(14-19)16-22-9-2-3-11-24-22/h2-14,17H,15-16H2,1H3. The van der Waals surface area contributed by atoms with Crippen molar-refractivity contribution in [3.05, 3.63) is 114 Å². The highest BCUT2D eigenvalue weighted by atomic mass is 15.1. The zero-order valence-corrected chi connectivity index (χ0v) is 14.8. The lowest BCUT2D eigenvalue weighted by atomic mass is 10.0. The summed E-state index contributed by atoms with van der Waals surface area (Å²) >= 11 is 0. The van der Waals surface area contributed by atoms with Gasteiger partial charge in [0.25, 0.3) is 0 Å². The molecule has 2 aromatic carbocycles. The molecule has 0 radical (unpaired) electrons. The molecule has 0 N–H and O–H groups in total. The van der Waals surface area contributed by atoms with Gasteiger partial charge in [-0.2, -0.15) is 0 Å². The van der Waals surface area contributed by atoms with Crippen molar-refractivity contribution in [3.63, 3.8) is 0 Å².